The first-order chi connectivity index (χ1) is 5.65. The number of diazo groups is 1. The van der Waals surface area contributed by atoms with E-state index in [4.69, 9.17) is 10.5 Å². The Balaban J connectivity index is 0.00000144. The monoisotopic (exact) mass is 245 g/mol. The quantitative estimate of drug-likeness (QED) is 0.382. The molecule has 0 unspecified atom stereocenters. The highest BCUT2D eigenvalue weighted by Gasteiger charge is 2.24. The maximum absolute atomic E-state index is 10.3. The molecule has 0 spiro atoms. The van der Waals surface area contributed by atoms with Gasteiger partial charge in [0, 0.05) is 6.07 Å². The Morgan fingerprint density at radius 3 is 2.62 bits per heavy atom. The molecule has 7 heteroatoms. The van der Waals surface area contributed by atoms with Crippen LogP contribution >= 0.6 is 0 Å². The van der Waals surface area contributed by atoms with Crippen molar-refractivity contribution in [2.24, 2.45) is 0 Å². The van der Waals surface area contributed by atoms with E-state index in [2.05, 4.69) is 4.98 Å². The molecule has 0 saturated carbocycles. The molecule has 0 amide bonds. The lowest BCUT2D eigenvalue weighted by Crippen LogP contribution is -3.00. The molecular formula is C6H4BrN3O3. The fourth-order valence-corrected chi connectivity index (χ4v) is 0.743. The molecule has 68 valence electrons. The molecule has 1 N–H and O–H groups in total. The summed E-state index contributed by atoms with van der Waals surface area (Å²) in [5.41, 5.74) is -0.615. The van der Waals surface area contributed by atoms with Gasteiger partial charge in [0.15, 0.2) is 4.98 Å². The zero-order valence-corrected chi connectivity index (χ0v) is 7.80. The second kappa shape index (κ2) is 4.37. The van der Waals surface area contributed by atoms with Gasteiger partial charge in [0.2, 0.25) is 5.39 Å². The summed E-state index contributed by atoms with van der Waals surface area (Å²) >= 11 is 0. The summed E-state index contributed by atoms with van der Waals surface area (Å²) in [5.74, 6) is -0.242. The number of halogens is 1. The number of phenols is 1. The molecule has 0 aliphatic heterocycles. The zero-order valence-electron chi connectivity index (χ0n) is 6.22. The average Bonchev–Trinajstić information content (AvgIpc) is 2.04. The van der Waals surface area contributed by atoms with Crippen molar-refractivity contribution in [3.05, 3.63) is 33.3 Å². The lowest BCUT2D eigenvalue weighted by atomic mass is 10.2. The van der Waals surface area contributed by atoms with Crippen LogP contribution in [-0.4, -0.2) is 10.0 Å². The number of phenolic OH excluding ortho intramolecular Hbond substituents is 1. The van der Waals surface area contributed by atoms with Crippen LogP contribution < -0.4 is 17.0 Å². The largest absolute Gasteiger partial charge is 1.00 e. The third-order valence-electron chi connectivity index (χ3n) is 1.26. The van der Waals surface area contributed by atoms with E-state index in [9.17, 15) is 10.1 Å². The van der Waals surface area contributed by atoms with Crippen LogP contribution in [0.25, 0.3) is 4.98 Å². The van der Waals surface area contributed by atoms with Gasteiger partial charge < -0.3 is 22.1 Å². The van der Waals surface area contributed by atoms with Gasteiger partial charge >= 0.3 is 11.4 Å². The van der Waals surface area contributed by atoms with Gasteiger partial charge in [0.25, 0.3) is 0 Å². The maximum Gasteiger partial charge on any atom is 0.461 e. The summed E-state index contributed by atoms with van der Waals surface area (Å²) in [6, 6.07) is 3.25. The van der Waals surface area contributed by atoms with Crippen molar-refractivity contribution in [2.45, 2.75) is 0 Å². The predicted molar refractivity (Wildman–Crippen MR) is 39.5 cm³/mol. The topological polar surface area (TPSA) is 91.5 Å². The number of benzene rings is 1. The van der Waals surface area contributed by atoms with Crippen molar-refractivity contribution in [3.63, 3.8) is 0 Å². The lowest BCUT2D eigenvalue weighted by molar-refractivity contribution is -0.383. The molecule has 0 heterocycles. The van der Waals surface area contributed by atoms with Crippen LogP contribution in [0.2, 0.25) is 0 Å². The number of nitro benzene ring substituents is 1. The van der Waals surface area contributed by atoms with Crippen LogP contribution in [0.15, 0.2) is 18.2 Å². The molecule has 6 nitrogen and oxygen atoms in total. The minimum Gasteiger partial charge on any atom is -1.00 e. The molecule has 0 fully saturated rings. The summed E-state index contributed by atoms with van der Waals surface area (Å²) in [6.45, 7) is 0. The van der Waals surface area contributed by atoms with E-state index in [1.165, 1.54) is 6.07 Å². The van der Waals surface area contributed by atoms with Crippen molar-refractivity contribution >= 4 is 11.4 Å². The normalized spacial score (nSPS) is 8.23. The summed E-state index contributed by atoms with van der Waals surface area (Å²) in [7, 11) is 0. The summed E-state index contributed by atoms with van der Waals surface area (Å²) in [4.78, 5) is 12.2. The lowest BCUT2D eigenvalue weighted by Gasteiger charge is -1.88. The second-order valence-electron chi connectivity index (χ2n) is 2.03. The van der Waals surface area contributed by atoms with Gasteiger partial charge in [-0.05, 0) is 6.07 Å². The van der Waals surface area contributed by atoms with E-state index in [0.717, 1.165) is 12.1 Å². The van der Waals surface area contributed by atoms with Crippen LogP contribution in [-0.2, 0) is 0 Å². The molecule has 0 aromatic heterocycles. The average molecular weight is 246 g/mol. The Hall–Kier alpha value is -1.68. The summed E-state index contributed by atoms with van der Waals surface area (Å²) < 4.78 is 0. The standard InChI is InChI=1S/C6H3N3O3.BrH/c7-8-5-2-1-4(10)3-6(5)9(11)12;/h1-3H;1H. The Labute approximate surface area is 83.4 Å². The first-order valence-electron chi connectivity index (χ1n) is 2.97. The number of hydrogen-bond acceptors (Lipinski definition) is 4. The molecule has 0 atom stereocenters. The van der Waals surface area contributed by atoms with Crippen molar-refractivity contribution in [1.29, 1.82) is 5.39 Å². The zero-order chi connectivity index (χ0) is 9.14. The molecule has 0 aliphatic carbocycles. The molecule has 13 heavy (non-hydrogen) atoms. The number of nitrogens with zero attached hydrogens (tertiary/aromatic N) is 3. The van der Waals surface area contributed by atoms with Gasteiger partial charge in [-0.3, -0.25) is 10.1 Å². The Bertz CT molecular complexity index is 374. The van der Waals surface area contributed by atoms with E-state index in [-0.39, 0.29) is 28.4 Å². The van der Waals surface area contributed by atoms with Crippen molar-refractivity contribution in [3.8, 4) is 5.75 Å². The van der Waals surface area contributed by atoms with E-state index in [1.54, 1.807) is 0 Å². The highest BCUT2D eigenvalue weighted by molar-refractivity contribution is 5.63. The molecule has 0 bridgehead atoms. The Morgan fingerprint density at radius 1 is 1.54 bits per heavy atom. The number of aromatic hydroxyl groups is 1. The van der Waals surface area contributed by atoms with Gasteiger partial charge in [0.1, 0.15) is 5.75 Å². The molecule has 0 aliphatic rings. The van der Waals surface area contributed by atoms with Crippen LogP contribution in [0.5, 0.6) is 5.75 Å². The first kappa shape index (κ1) is 11.3. The van der Waals surface area contributed by atoms with Crippen molar-refractivity contribution in [2.75, 3.05) is 0 Å². The van der Waals surface area contributed by atoms with E-state index in [1.807, 2.05) is 0 Å². The van der Waals surface area contributed by atoms with Crippen LogP contribution in [0.4, 0.5) is 11.4 Å². The second-order valence-corrected chi connectivity index (χ2v) is 2.03. The van der Waals surface area contributed by atoms with Crippen molar-refractivity contribution in [1.82, 2.24) is 0 Å². The van der Waals surface area contributed by atoms with Gasteiger partial charge in [-0.2, -0.15) is 0 Å². The van der Waals surface area contributed by atoms with Gasteiger partial charge in [-0.25, -0.2) is 0 Å². The number of nitro groups is 1. The molecule has 1 rings (SSSR count). The predicted octanol–water partition coefficient (Wildman–Crippen LogP) is -1.21. The van der Waals surface area contributed by atoms with E-state index >= 15 is 0 Å². The smallest absolute Gasteiger partial charge is 0.461 e. The number of rotatable bonds is 1. The molecule has 1 aromatic rings. The van der Waals surface area contributed by atoms with Gasteiger partial charge in [-0.15, -0.1) is 0 Å². The maximum atomic E-state index is 10.3. The highest BCUT2D eigenvalue weighted by atomic mass is 79.9. The SMILES string of the molecule is N#[N+]c1ccc(O)cc1[N+](=O)[O-].[Br-]. The first-order valence-corrected chi connectivity index (χ1v) is 2.97. The number of hydrogen-bond donors (Lipinski definition) is 1. The van der Waals surface area contributed by atoms with Gasteiger partial charge in [0.05, 0.1) is 11.0 Å². The highest BCUT2D eigenvalue weighted by Crippen LogP contribution is 2.30. The molecular weight excluding hydrogens is 242 g/mol. The minimum atomic E-state index is -0.741. The van der Waals surface area contributed by atoms with E-state index < -0.39 is 10.6 Å². The third kappa shape index (κ3) is 2.38. The molecule has 1 aromatic carbocycles. The molecule has 0 radical (unpaired) electrons. The summed E-state index contributed by atoms with van der Waals surface area (Å²) in [6.07, 6.45) is 0. The fourth-order valence-electron chi connectivity index (χ4n) is 0.743. The van der Waals surface area contributed by atoms with Crippen LogP contribution in [0.1, 0.15) is 0 Å². The van der Waals surface area contributed by atoms with Crippen molar-refractivity contribution < 1.29 is 27.0 Å². The van der Waals surface area contributed by atoms with Crippen LogP contribution in [0.3, 0.4) is 0 Å². The minimum absolute atomic E-state index is 0. The fraction of sp³-hybridized carbons (Fsp3) is 0. The summed E-state index contributed by atoms with van der Waals surface area (Å²) in [5, 5.41) is 27.4. The van der Waals surface area contributed by atoms with Crippen LogP contribution in [0, 0.1) is 15.5 Å². The van der Waals surface area contributed by atoms with E-state index in [0.29, 0.717) is 0 Å². The third-order valence-corrected chi connectivity index (χ3v) is 1.26. The Morgan fingerprint density at radius 2 is 2.15 bits per heavy atom. The van der Waals surface area contributed by atoms with Gasteiger partial charge in [-0.1, -0.05) is 0 Å². The Kier molecular flexibility index (Phi) is 3.81. The molecule has 0 saturated heterocycles.